The van der Waals surface area contributed by atoms with Crippen molar-refractivity contribution in [3.05, 3.63) is 29.3 Å². The minimum atomic E-state index is -2.49. The first-order chi connectivity index (χ1) is 8.52. The van der Waals surface area contributed by atoms with E-state index < -0.39 is 13.0 Å². The number of benzene rings is 1. The minimum Gasteiger partial charge on any atom is -0.398 e. The van der Waals surface area contributed by atoms with E-state index in [0.29, 0.717) is 11.3 Å². The lowest BCUT2D eigenvalue weighted by Crippen LogP contribution is -2.28. The van der Waals surface area contributed by atoms with Crippen LogP contribution in [0.5, 0.6) is 0 Å². The fourth-order valence-corrected chi connectivity index (χ4v) is 1.38. The number of aryl methyl sites for hydroxylation is 1. The van der Waals surface area contributed by atoms with Crippen molar-refractivity contribution in [1.82, 2.24) is 5.32 Å². The summed E-state index contributed by atoms with van der Waals surface area (Å²) in [4.78, 5) is 11.7. The molecule has 0 spiro atoms. The van der Waals surface area contributed by atoms with E-state index in [9.17, 15) is 13.6 Å². The molecule has 0 aliphatic rings. The highest BCUT2D eigenvalue weighted by Crippen LogP contribution is 2.15. The van der Waals surface area contributed by atoms with Crippen molar-refractivity contribution >= 4 is 11.6 Å². The number of carbonyl (C=O) groups is 1. The number of carbonyl (C=O) groups excluding carboxylic acids is 1. The topological polar surface area (TPSA) is 64.3 Å². The van der Waals surface area contributed by atoms with Crippen LogP contribution in [-0.2, 0) is 4.74 Å². The van der Waals surface area contributed by atoms with Crippen LogP contribution in [0.25, 0.3) is 0 Å². The van der Waals surface area contributed by atoms with Crippen LogP contribution in [-0.4, -0.2) is 32.1 Å². The van der Waals surface area contributed by atoms with E-state index >= 15 is 0 Å². The van der Waals surface area contributed by atoms with Crippen LogP contribution in [0.2, 0.25) is 0 Å². The highest BCUT2D eigenvalue weighted by molar-refractivity contribution is 5.99. The Balaban J connectivity index is 2.39. The zero-order chi connectivity index (χ0) is 13.5. The summed E-state index contributed by atoms with van der Waals surface area (Å²) in [7, 11) is 0. The molecule has 100 valence electrons. The van der Waals surface area contributed by atoms with E-state index in [1.165, 1.54) is 0 Å². The summed E-state index contributed by atoms with van der Waals surface area (Å²) in [5, 5.41) is 2.55. The van der Waals surface area contributed by atoms with Crippen LogP contribution in [0.4, 0.5) is 14.5 Å². The first kappa shape index (κ1) is 14.4. The molecular formula is C12H16F2N2O2. The molecule has 18 heavy (non-hydrogen) atoms. The third-order valence-electron chi connectivity index (χ3n) is 2.34. The number of amides is 1. The van der Waals surface area contributed by atoms with Crippen LogP contribution in [0.1, 0.15) is 15.9 Å². The molecule has 0 unspecified atom stereocenters. The van der Waals surface area contributed by atoms with E-state index in [2.05, 4.69) is 10.1 Å². The lowest BCUT2D eigenvalue weighted by atomic mass is 10.1. The predicted octanol–water partition coefficient (Wildman–Crippen LogP) is 1.59. The number of anilines is 1. The fraction of sp³-hybridized carbons (Fsp3) is 0.417. The van der Waals surface area contributed by atoms with E-state index in [1.54, 1.807) is 25.1 Å². The molecule has 0 bridgehead atoms. The van der Waals surface area contributed by atoms with Crippen LogP contribution in [0.15, 0.2) is 18.2 Å². The van der Waals surface area contributed by atoms with E-state index in [-0.39, 0.29) is 19.1 Å². The molecule has 0 aliphatic carbocycles. The summed E-state index contributed by atoms with van der Waals surface area (Å²) in [6.07, 6.45) is -2.49. The molecule has 1 amide bonds. The second-order valence-corrected chi connectivity index (χ2v) is 3.76. The van der Waals surface area contributed by atoms with Crippen molar-refractivity contribution in [2.45, 2.75) is 13.3 Å². The highest BCUT2D eigenvalue weighted by Gasteiger charge is 2.10. The fourth-order valence-electron chi connectivity index (χ4n) is 1.38. The smallest absolute Gasteiger partial charge is 0.261 e. The van der Waals surface area contributed by atoms with Crippen molar-refractivity contribution in [1.29, 1.82) is 0 Å². The van der Waals surface area contributed by atoms with E-state index in [1.807, 2.05) is 0 Å². The second-order valence-electron chi connectivity index (χ2n) is 3.76. The van der Waals surface area contributed by atoms with Crippen molar-refractivity contribution in [2.75, 3.05) is 25.5 Å². The maximum atomic E-state index is 11.8. The molecule has 0 saturated heterocycles. The minimum absolute atomic E-state index is 0.0435. The van der Waals surface area contributed by atoms with Gasteiger partial charge >= 0.3 is 0 Å². The Morgan fingerprint density at radius 2 is 2.22 bits per heavy atom. The molecule has 0 fully saturated rings. The Bertz CT molecular complexity index is 411. The highest BCUT2D eigenvalue weighted by atomic mass is 19.3. The maximum absolute atomic E-state index is 11.8. The SMILES string of the molecule is Cc1cccc(C(=O)NCCOCC(F)F)c1N. The second kappa shape index (κ2) is 6.90. The average molecular weight is 258 g/mol. The molecule has 0 radical (unpaired) electrons. The molecule has 3 N–H and O–H groups in total. The summed E-state index contributed by atoms with van der Waals surface area (Å²) < 4.78 is 28.1. The van der Waals surface area contributed by atoms with E-state index in [0.717, 1.165) is 5.56 Å². The van der Waals surface area contributed by atoms with Gasteiger partial charge in [-0.25, -0.2) is 8.78 Å². The third kappa shape index (κ3) is 4.29. The Kier molecular flexibility index (Phi) is 5.51. The molecule has 0 atom stereocenters. The normalized spacial score (nSPS) is 10.7. The summed E-state index contributed by atoms with van der Waals surface area (Å²) in [6, 6.07) is 5.14. The number of hydrogen-bond acceptors (Lipinski definition) is 3. The van der Waals surface area contributed by atoms with Gasteiger partial charge in [-0.15, -0.1) is 0 Å². The van der Waals surface area contributed by atoms with Gasteiger partial charge in [0.25, 0.3) is 12.3 Å². The molecule has 4 nitrogen and oxygen atoms in total. The standard InChI is InChI=1S/C12H16F2N2O2/c1-8-3-2-4-9(11(8)15)12(17)16-5-6-18-7-10(13)14/h2-4,10H,5-7,15H2,1H3,(H,16,17). The molecule has 1 aromatic carbocycles. The van der Waals surface area contributed by atoms with Gasteiger partial charge in [0.05, 0.1) is 12.2 Å². The van der Waals surface area contributed by atoms with Crippen molar-refractivity contribution in [3.63, 3.8) is 0 Å². The van der Waals surface area contributed by atoms with Gasteiger partial charge in [0, 0.05) is 12.2 Å². The van der Waals surface area contributed by atoms with Gasteiger partial charge in [0.15, 0.2) is 0 Å². The summed E-state index contributed by atoms with van der Waals surface area (Å²) in [5.74, 6) is -0.336. The van der Waals surface area contributed by atoms with Gasteiger partial charge in [-0.2, -0.15) is 0 Å². The molecule has 0 heterocycles. The number of rotatable bonds is 6. The molecule has 0 aromatic heterocycles. The Morgan fingerprint density at radius 1 is 1.50 bits per heavy atom. The lowest BCUT2D eigenvalue weighted by molar-refractivity contribution is 0.0188. The molecular weight excluding hydrogens is 242 g/mol. The average Bonchev–Trinajstić information content (AvgIpc) is 2.31. The lowest BCUT2D eigenvalue weighted by Gasteiger charge is -2.09. The molecule has 0 aliphatic heterocycles. The van der Waals surface area contributed by atoms with Crippen LogP contribution in [0.3, 0.4) is 0 Å². The largest absolute Gasteiger partial charge is 0.398 e. The zero-order valence-electron chi connectivity index (χ0n) is 10.1. The van der Waals surface area contributed by atoms with Crippen molar-refractivity contribution in [3.8, 4) is 0 Å². The van der Waals surface area contributed by atoms with Gasteiger partial charge < -0.3 is 15.8 Å². The predicted molar refractivity (Wildman–Crippen MR) is 64.7 cm³/mol. The maximum Gasteiger partial charge on any atom is 0.261 e. The molecule has 1 rings (SSSR count). The zero-order valence-corrected chi connectivity index (χ0v) is 10.1. The molecule has 1 aromatic rings. The quantitative estimate of drug-likeness (QED) is 0.601. The number of ether oxygens (including phenoxy) is 1. The first-order valence-electron chi connectivity index (χ1n) is 5.51. The number of hydrogen-bond donors (Lipinski definition) is 2. The summed E-state index contributed by atoms with van der Waals surface area (Å²) in [5.41, 5.74) is 7.38. The van der Waals surface area contributed by atoms with Crippen LogP contribution in [0, 0.1) is 6.92 Å². The number of halogens is 2. The van der Waals surface area contributed by atoms with Crippen LogP contribution >= 0.6 is 0 Å². The Labute approximate surface area is 104 Å². The summed E-state index contributed by atoms with van der Waals surface area (Å²) >= 11 is 0. The number of alkyl halides is 2. The number of nitrogens with one attached hydrogen (secondary N) is 1. The Hall–Kier alpha value is -1.69. The van der Waals surface area contributed by atoms with Crippen LogP contribution < -0.4 is 11.1 Å². The van der Waals surface area contributed by atoms with Gasteiger partial charge in [0.2, 0.25) is 0 Å². The first-order valence-corrected chi connectivity index (χ1v) is 5.51. The Morgan fingerprint density at radius 3 is 2.89 bits per heavy atom. The van der Waals surface area contributed by atoms with Gasteiger partial charge in [0.1, 0.15) is 6.61 Å². The number of nitrogens with two attached hydrogens (primary N) is 1. The third-order valence-corrected chi connectivity index (χ3v) is 2.34. The van der Waals surface area contributed by atoms with Gasteiger partial charge in [-0.05, 0) is 18.6 Å². The molecule has 6 heteroatoms. The van der Waals surface area contributed by atoms with E-state index in [4.69, 9.17) is 5.73 Å². The monoisotopic (exact) mass is 258 g/mol. The summed E-state index contributed by atoms with van der Waals surface area (Å²) in [6.45, 7) is 1.39. The van der Waals surface area contributed by atoms with Gasteiger partial charge in [-0.3, -0.25) is 4.79 Å². The van der Waals surface area contributed by atoms with Crippen molar-refractivity contribution < 1.29 is 18.3 Å². The van der Waals surface area contributed by atoms with Gasteiger partial charge in [-0.1, -0.05) is 12.1 Å². The number of nitrogen functional groups attached to an aromatic ring is 1. The number of para-hydroxylation sites is 1. The van der Waals surface area contributed by atoms with Crippen molar-refractivity contribution in [2.24, 2.45) is 0 Å². The molecule has 0 saturated carbocycles.